The van der Waals surface area contributed by atoms with Crippen molar-refractivity contribution in [2.45, 2.75) is 59.8 Å². The molecule has 0 spiro atoms. The second kappa shape index (κ2) is 7.33. The summed E-state index contributed by atoms with van der Waals surface area (Å²) in [5.41, 5.74) is 4.15. The van der Waals surface area contributed by atoms with Crippen LogP contribution in [-0.4, -0.2) is 12.6 Å². The molecule has 2 nitrogen and oxygen atoms in total. The van der Waals surface area contributed by atoms with Crippen molar-refractivity contribution in [2.75, 3.05) is 6.61 Å². The molecular formula is C21H30O2. The van der Waals surface area contributed by atoms with Gasteiger partial charge in [-0.1, -0.05) is 51.1 Å². The monoisotopic (exact) mass is 314 g/mol. The van der Waals surface area contributed by atoms with Crippen LogP contribution < -0.4 is 0 Å². The van der Waals surface area contributed by atoms with Gasteiger partial charge in [0.2, 0.25) is 0 Å². The van der Waals surface area contributed by atoms with Crippen LogP contribution in [0.3, 0.4) is 0 Å². The molecular weight excluding hydrogens is 284 g/mol. The lowest BCUT2D eigenvalue weighted by Crippen LogP contribution is -2.21. The van der Waals surface area contributed by atoms with Crippen molar-refractivity contribution < 1.29 is 9.53 Å². The van der Waals surface area contributed by atoms with Crippen molar-refractivity contribution in [3.8, 4) is 0 Å². The molecule has 2 unspecified atom stereocenters. The van der Waals surface area contributed by atoms with E-state index >= 15 is 0 Å². The van der Waals surface area contributed by atoms with Crippen LogP contribution in [-0.2, 0) is 9.53 Å². The van der Waals surface area contributed by atoms with Crippen molar-refractivity contribution in [1.29, 1.82) is 0 Å². The molecule has 2 rings (SSSR count). The lowest BCUT2D eigenvalue weighted by Gasteiger charge is -2.33. The normalized spacial score (nSPS) is 19.9. The van der Waals surface area contributed by atoms with Crippen LogP contribution in [0, 0.1) is 11.3 Å². The number of ether oxygens (including phenoxy) is 1. The lowest BCUT2D eigenvalue weighted by atomic mass is 9.72. The number of esters is 1. The Morgan fingerprint density at radius 2 is 1.91 bits per heavy atom. The fourth-order valence-electron chi connectivity index (χ4n) is 3.27. The summed E-state index contributed by atoms with van der Waals surface area (Å²) in [4.78, 5) is 11.8. The molecule has 0 amide bonds. The maximum atomic E-state index is 11.8. The van der Waals surface area contributed by atoms with Gasteiger partial charge < -0.3 is 4.74 Å². The van der Waals surface area contributed by atoms with Gasteiger partial charge in [-0.05, 0) is 61.1 Å². The second-order valence-corrected chi connectivity index (χ2v) is 7.66. The van der Waals surface area contributed by atoms with Crippen LogP contribution in [0.5, 0.6) is 0 Å². The van der Waals surface area contributed by atoms with Gasteiger partial charge in [0.1, 0.15) is 0 Å². The molecule has 0 radical (unpaired) electrons. The Bertz CT molecular complexity index is 560. The number of carbonyl (C=O) groups is 1. The van der Waals surface area contributed by atoms with Gasteiger partial charge in [-0.2, -0.15) is 0 Å². The largest absolute Gasteiger partial charge is 0.466 e. The molecule has 0 fully saturated rings. The number of benzene rings is 1. The van der Waals surface area contributed by atoms with Crippen molar-refractivity contribution in [2.24, 2.45) is 11.3 Å². The predicted octanol–water partition coefficient (Wildman–Crippen LogP) is 5.58. The summed E-state index contributed by atoms with van der Waals surface area (Å²) >= 11 is 0. The van der Waals surface area contributed by atoms with Crippen molar-refractivity contribution in [3.05, 3.63) is 41.5 Å². The molecule has 1 aliphatic carbocycles. The van der Waals surface area contributed by atoms with Gasteiger partial charge in [0.15, 0.2) is 0 Å². The number of hydrogen-bond donors (Lipinski definition) is 0. The van der Waals surface area contributed by atoms with Crippen LogP contribution >= 0.6 is 0 Å². The van der Waals surface area contributed by atoms with E-state index < -0.39 is 0 Å². The van der Waals surface area contributed by atoms with Gasteiger partial charge in [-0.3, -0.25) is 4.79 Å². The van der Waals surface area contributed by atoms with E-state index in [9.17, 15) is 4.79 Å². The summed E-state index contributed by atoms with van der Waals surface area (Å²) < 4.78 is 5.10. The molecule has 0 aliphatic heterocycles. The lowest BCUT2D eigenvalue weighted by molar-refractivity contribution is -0.144. The molecule has 0 saturated heterocycles. The Labute approximate surface area is 140 Å². The third-order valence-corrected chi connectivity index (χ3v) is 5.06. The zero-order valence-electron chi connectivity index (χ0n) is 15.2. The Kier molecular flexibility index (Phi) is 5.67. The highest BCUT2D eigenvalue weighted by Gasteiger charge is 2.26. The van der Waals surface area contributed by atoms with E-state index in [1.165, 1.54) is 24.0 Å². The predicted molar refractivity (Wildman–Crippen MR) is 96.3 cm³/mol. The summed E-state index contributed by atoms with van der Waals surface area (Å²) in [6, 6.07) is 8.42. The van der Waals surface area contributed by atoms with Crippen molar-refractivity contribution in [3.63, 3.8) is 0 Å². The number of allylic oxidation sites excluding steroid dienone is 2. The summed E-state index contributed by atoms with van der Waals surface area (Å²) in [6.45, 7) is 11.2. The van der Waals surface area contributed by atoms with E-state index in [0.29, 0.717) is 12.0 Å². The average molecular weight is 314 g/mol. The van der Waals surface area contributed by atoms with E-state index in [-0.39, 0.29) is 11.9 Å². The standard InChI is InChI=1S/C21H30O2/c1-6-23-20(22)15(2)16-7-9-17(10-8-16)18-11-13-19(14-12-18)21(3,4)5/h7-11,15,19H,6,12-14H2,1-5H3. The first-order valence-electron chi connectivity index (χ1n) is 8.79. The maximum Gasteiger partial charge on any atom is 0.313 e. The van der Waals surface area contributed by atoms with Crippen LogP contribution in [0.25, 0.3) is 5.57 Å². The molecule has 0 heterocycles. The smallest absolute Gasteiger partial charge is 0.313 e. The molecule has 0 bridgehead atoms. The first kappa shape index (κ1) is 17.8. The molecule has 23 heavy (non-hydrogen) atoms. The van der Waals surface area contributed by atoms with Gasteiger partial charge in [0, 0.05) is 0 Å². The van der Waals surface area contributed by atoms with Crippen LogP contribution in [0.15, 0.2) is 30.3 Å². The highest BCUT2D eigenvalue weighted by molar-refractivity contribution is 5.78. The molecule has 2 heteroatoms. The highest BCUT2D eigenvalue weighted by atomic mass is 16.5. The third kappa shape index (κ3) is 4.46. The van der Waals surface area contributed by atoms with E-state index in [1.54, 1.807) is 0 Å². The maximum absolute atomic E-state index is 11.8. The highest BCUT2D eigenvalue weighted by Crippen LogP contribution is 2.39. The molecule has 0 aromatic heterocycles. The molecule has 1 aromatic rings. The fraction of sp³-hybridized carbons (Fsp3) is 0.571. The van der Waals surface area contributed by atoms with Crippen molar-refractivity contribution >= 4 is 11.5 Å². The molecule has 1 aromatic carbocycles. The number of hydrogen-bond acceptors (Lipinski definition) is 2. The van der Waals surface area contributed by atoms with E-state index in [0.717, 1.165) is 17.9 Å². The third-order valence-electron chi connectivity index (χ3n) is 5.06. The first-order chi connectivity index (χ1) is 10.8. The molecule has 2 atom stereocenters. The summed E-state index contributed by atoms with van der Waals surface area (Å²) in [6.07, 6.45) is 5.98. The van der Waals surface area contributed by atoms with Crippen LogP contribution in [0.4, 0.5) is 0 Å². The second-order valence-electron chi connectivity index (χ2n) is 7.66. The number of carbonyl (C=O) groups excluding carboxylic acids is 1. The van der Waals surface area contributed by atoms with Crippen LogP contribution in [0.2, 0.25) is 0 Å². The Balaban J connectivity index is 2.06. The molecule has 0 N–H and O–H groups in total. The Morgan fingerprint density at radius 1 is 1.26 bits per heavy atom. The summed E-state index contributed by atoms with van der Waals surface area (Å²) in [5.74, 6) is 0.425. The summed E-state index contributed by atoms with van der Waals surface area (Å²) in [7, 11) is 0. The Morgan fingerprint density at radius 3 is 2.39 bits per heavy atom. The molecule has 0 saturated carbocycles. The SMILES string of the molecule is CCOC(=O)C(C)c1ccc(C2=CCC(C(C)(C)C)CC2)cc1. The van der Waals surface area contributed by atoms with Gasteiger partial charge in [0.25, 0.3) is 0 Å². The van der Waals surface area contributed by atoms with Gasteiger partial charge in [-0.15, -0.1) is 0 Å². The Hall–Kier alpha value is -1.57. The van der Waals surface area contributed by atoms with Gasteiger partial charge in [0.05, 0.1) is 12.5 Å². The van der Waals surface area contributed by atoms with Gasteiger partial charge >= 0.3 is 5.97 Å². The van der Waals surface area contributed by atoms with Crippen molar-refractivity contribution in [1.82, 2.24) is 0 Å². The number of rotatable bonds is 4. The van der Waals surface area contributed by atoms with E-state index in [2.05, 4.69) is 51.1 Å². The zero-order valence-corrected chi connectivity index (χ0v) is 15.2. The first-order valence-corrected chi connectivity index (χ1v) is 8.79. The minimum atomic E-state index is -0.199. The van der Waals surface area contributed by atoms with E-state index in [1.807, 2.05) is 13.8 Å². The average Bonchev–Trinajstić information content (AvgIpc) is 2.54. The zero-order chi connectivity index (χ0) is 17.0. The molecule has 126 valence electrons. The minimum Gasteiger partial charge on any atom is -0.466 e. The summed E-state index contributed by atoms with van der Waals surface area (Å²) in [5, 5.41) is 0. The quantitative estimate of drug-likeness (QED) is 0.678. The molecule has 1 aliphatic rings. The van der Waals surface area contributed by atoms with Crippen LogP contribution in [0.1, 0.15) is 70.9 Å². The van der Waals surface area contributed by atoms with Gasteiger partial charge in [-0.25, -0.2) is 0 Å². The minimum absolute atomic E-state index is 0.148. The fourth-order valence-corrected chi connectivity index (χ4v) is 3.27. The van der Waals surface area contributed by atoms with E-state index in [4.69, 9.17) is 4.74 Å². The topological polar surface area (TPSA) is 26.3 Å².